The van der Waals surface area contributed by atoms with Crippen molar-refractivity contribution >= 4 is 49.6 Å². The molecule has 0 radical (unpaired) electrons. The summed E-state index contributed by atoms with van der Waals surface area (Å²) in [5.74, 6) is -0.302. The fourth-order valence-corrected chi connectivity index (χ4v) is 3.97. The lowest BCUT2D eigenvalue weighted by Gasteiger charge is -2.11. The Kier molecular flexibility index (Phi) is 5.11. The Morgan fingerprint density at radius 2 is 1.93 bits per heavy atom. The van der Waals surface area contributed by atoms with Gasteiger partial charge in [0, 0.05) is 15.5 Å². The summed E-state index contributed by atoms with van der Waals surface area (Å²) in [7, 11) is 0. The summed E-state index contributed by atoms with van der Waals surface area (Å²) in [6.07, 6.45) is 0. The zero-order valence-electron chi connectivity index (χ0n) is 15.0. The molecule has 4 aromatic rings. The molecule has 1 N–H and O–H groups in total. The van der Waals surface area contributed by atoms with Crippen LogP contribution in [0, 0.1) is 6.92 Å². The summed E-state index contributed by atoms with van der Waals surface area (Å²) in [5, 5.41) is 10.6. The van der Waals surface area contributed by atoms with Crippen molar-refractivity contribution in [3.05, 3.63) is 80.4 Å². The monoisotopic (exact) mass is 453 g/mol. The molecule has 7 heteroatoms. The number of carbonyl (C=O) groups is 1. The van der Waals surface area contributed by atoms with Crippen molar-refractivity contribution in [1.29, 1.82) is 0 Å². The Morgan fingerprint density at radius 3 is 2.64 bits per heavy atom. The molecular weight excluding hydrogens is 438 g/mol. The van der Waals surface area contributed by atoms with Crippen LogP contribution in [0.25, 0.3) is 21.3 Å². The first-order valence-electron chi connectivity index (χ1n) is 8.62. The highest BCUT2D eigenvalue weighted by atomic mass is 79.9. The van der Waals surface area contributed by atoms with E-state index in [1.165, 1.54) is 4.68 Å². The average Bonchev–Trinajstić information content (AvgIpc) is 3.21. The maximum absolute atomic E-state index is 12.9. The highest BCUT2D eigenvalue weighted by Gasteiger charge is 2.15. The number of hydrogen-bond donors (Lipinski definition) is 1. The van der Waals surface area contributed by atoms with Gasteiger partial charge in [0.05, 0.1) is 10.3 Å². The second kappa shape index (κ2) is 7.69. The van der Waals surface area contributed by atoms with Crippen LogP contribution >= 0.6 is 27.3 Å². The van der Waals surface area contributed by atoms with Gasteiger partial charge in [-0.25, -0.2) is 4.68 Å². The highest BCUT2D eigenvalue weighted by molar-refractivity contribution is 9.10. The van der Waals surface area contributed by atoms with Crippen LogP contribution in [0.1, 0.15) is 5.56 Å². The van der Waals surface area contributed by atoms with Crippen molar-refractivity contribution in [2.24, 2.45) is 0 Å². The molecule has 0 fully saturated rings. The Hall–Kier alpha value is -2.77. The van der Waals surface area contributed by atoms with Crippen LogP contribution in [0.5, 0.6) is 0 Å². The molecule has 0 saturated carbocycles. The van der Waals surface area contributed by atoms with Crippen molar-refractivity contribution in [1.82, 2.24) is 9.78 Å². The number of nitrogens with one attached hydrogen (secondary N) is 1. The molecule has 0 aliphatic carbocycles. The van der Waals surface area contributed by atoms with Crippen molar-refractivity contribution in [2.75, 3.05) is 5.32 Å². The number of fused-ring (bicyclic) bond motifs is 1. The Labute approximate surface area is 173 Å². The smallest absolute Gasteiger partial charge is 0.275 e. The Balaban J connectivity index is 1.70. The van der Waals surface area contributed by atoms with Gasteiger partial charge >= 0.3 is 0 Å². The fraction of sp³-hybridized carbons (Fsp3) is 0.0952. The molecule has 0 bridgehead atoms. The number of aryl methyl sites for hydroxylation is 1. The molecule has 28 heavy (non-hydrogen) atoms. The standard InChI is InChI=1S/C21H16BrN3O2S/c1-13-11-14(8-9-17(13)22)23-19(26)12-25-21(27)16-6-3-2-5-15(16)20(24-25)18-7-4-10-28-18/h2-11H,12H2,1H3,(H,23,26). The third kappa shape index (κ3) is 3.63. The van der Waals surface area contributed by atoms with Gasteiger partial charge in [0.15, 0.2) is 0 Å². The summed E-state index contributed by atoms with van der Waals surface area (Å²) in [5.41, 5.74) is 2.12. The largest absolute Gasteiger partial charge is 0.324 e. The number of halogens is 1. The van der Waals surface area contributed by atoms with Gasteiger partial charge in [-0.05, 0) is 48.2 Å². The van der Waals surface area contributed by atoms with Gasteiger partial charge in [0.25, 0.3) is 5.56 Å². The van der Waals surface area contributed by atoms with E-state index in [1.54, 1.807) is 17.4 Å². The van der Waals surface area contributed by atoms with E-state index >= 15 is 0 Å². The number of nitrogens with zero attached hydrogens (tertiary/aromatic N) is 2. The number of rotatable bonds is 4. The number of benzene rings is 2. The quantitative estimate of drug-likeness (QED) is 0.480. The fourth-order valence-electron chi connectivity index (χ4n) is 3.00. The molecule has 0 aliphatic heterocycles. The lowest BCUT2D eigenvalue weighted by molar-refractivity contribution is -0.117. The van der Waals surface area contributed by atoms with Gasteiger partial charge in [-0.3, -0.25) is 9.59 Å². The molecule has 4 rings (SSSR count). The van der Waals surface area contributed by atoms with E-state index in [0.29, 0.717) is 16.8 Å². The summed E-state index contributed by atoms with van der Waals surface area (Å²) < 4.78 is 2.21. The first-order valence-corrected chi connectivity index (χ1v) is 10.3. The maximum Gasteiger partial charge on any atom is 0.275 e. The van der Waals surface area contributed by atoms with Crippen molar-refractivity contribution in [2.45, 2.75) is 13.5 Å². The molecule has 2 aromatic heterocycles. The van der Waals surface area contributed by atoms with E-state index in [2.05, 4.69) is 26.3 Å². The molecule has 2 aromatic carbocycles. The lowest BCUT2D eigenvalue weighted by Crippen LogP contribution is -2.30. The molecule has 2 heterocycles. The molecule has 0 aliphatic rings. The SMILES string of the molecule is Cc1cc(NC(=O)Cn2nc(-c3cccs3)c3ccccc3c2=O)ccc1Br. The van der Waals surface area contributed by atoms with E-state index < -0.39 is 0 Å². The van der Waals surface area contributed by atoms with E-state index in [0.717, 1.165) is 20.3 Å². The van der Waals surface area contributed by atoms with Crippen molar-refractivity contribution in [3.8, 4) is 10.6 Å². The maximum atomic E-state index is 12.9. The summed E-state index contributed by atoms with van der Waals surface area (Å²) in [6.45, 7) is 1.79. The van der Waals surface area contributed by atoms with Crippen LogP contribution < -0.4 is 10.9 Å². The van der Waals surface area contributed by atoms with Gasteiger partial charge in [-0.1, -0.05) is 40.2 Å². The number of amides is 1. The lowest BCUT2D eigenvalue weighted by atomic mass is 10.1. The normalized spacial score (nSPS) is 10.9. The average molecular weight is 454 g/mol. The van der Waals surface area contributed by atoms with Gasteiger partial charge in [-0.15, -0.1) is 11.3 Å². The molecule has 1 amide bonds. The molecule has 140 valence electrons. The minimum absolute atomic E-state index is 0.156. The predicted molar refractivity (Wildman–Crippen MR) is 117 cm³/mol. The molecular formula is C21H16BrN3O2S. The predicted octanol–water partition coefficient (Wildman–Crippen LogP) is 4.83. The third-order valence-corrected chi connectivity index (χ3v) is 6.12. The number of carbonyl (C=O) groups excluding carboxylic acids is 1. The number of aromatic nitrogens is 2. The van der Waals surface area contributed by atoms with Crippen LogP contribution in [0.3, 0.4) is 0 Å². The first kappa shape index (κ1) is 18.6. The zero-order chi connectivity index (χ0) is 19.7. The summed E-state index contributed by atoms with van der Waals surface area (Å²) in [6, 6.07) is 16.8. The van der Waals surface area contributed by atoms with E-state index in [9.17, 15) is 9.59 Å². The van der Waals surface area contributed by atoms with Crippen LogP contribution in [0.2, 0.25) is 0 Å². The Bertz CT molecular complexity index is 1230. The molecule has 0 spiro atoms. The number of hydrogen-bond acceptors (Lipinski definition) is 4. The molecule has 0 saturated heterocycles. The second-order valence-corrected chi connectivity index (χ2v) is 8.15. The summed E-state index contributed by atoms with van der Waals surface area (Å²) >= 11 is 4.99. The summed E-state index contributed by atoms with van der Waals surface area (Å²) in [4.78, 5) is 26.4. The van der Waals surface area contributed by atoms with Crippen LogP contribution in [-0.4, -0.2) is 15.7 Å². The first-order chi connectivity index (χ1) is 13.5. The number of anilines is 1. The number of thiophene rings is 1. The molecule has 0 unspecified atom stereocenters. The van der Waals surface area contributed by atoms with Crippen molar-refractivity contribution < 1.29 is 4.79 Å². The Morgan fingerprint density at radius 1 is 1.14 bits per heavy atom. The van der Waals surface area contributed by atoms with Gasteiger partial charge in [0.1, 0.15) is 12.2 Å². The van der Waals surface area contributed by atoms with Gasteiger partial charge in [-0.2, -0.15) is 5.10 Å². The van der Waals surface area contributed by atoms with E-state index in [-0.39, 0.29) is 18.0 Å². The minimum atomic E-state index is -0.302. The van der Waals surface area contributed by atoms with Gasteiger partial charge in [0.2, 0.25) is 5.91 Å². The van der Waals surface area contributed by atoms with Crippen molar-refractivity contribution in [3.63, 3.8) is 0 Å². The van der Waals surface area contributed by atoms with E-state index in [4.69, 9.17) is 0 Å². The molecule has 5 nitrogen and oxygen atoms in total. The highest BCUT2D eigenvalue weighted by Crippen LogP contribution is 2.28. The minimum Gasteiger partial charge on any atom is -0.324 e. The molecule has 0 atom stereocenters. The van der Waals surface area contributed by atoms with Crippen LogP contribution in [-0.2, 0) is 11.3 Å². The van der Waals surface area contributed by atoms with E-state index in [1.807, 2.05) is 60.8 Å². The van der Waals surface area contributed by atoms with Gasteiger partial charge < -0.3 is 5.32 Å². The topological polar surface area (TPSA) is 64.0 Å². The second-order valence-electron chi connectivity index (χ2n) is 6.35. The third-order valence-electron chi connectivity index (χ3n) is 4.36. The zero-order valence-corrected chi connectivity index (χ0v) is 17.4. The van der Waals surface area contributed by atoms with Crippen LogP contribution in [0.15, 0.2) is 69.2 Å². The van der Waals surface area contributed by atoms with Crippen LogP contribution in [0.4, 0.5) is 5.69 Å².